The molecule has 0 saturated carbocycles. The van der Waals surface area contributed by atoms with Gasteiger partial charge < -0.3 is 15.3 Å². The van der Waals surface area contributed by atoms with Crippen LogP contribution in [-0.4, -0.2) is 33.2 Å². The maximum Gasteiger partial charge on any atom is 0.303 e. The minimum atomic E-state index is -0.740. The van der Waals surface area contributed by atoms with Crippen molar-refractivity contribution in [2.75, 3.05) is 0 Å². The lowest BCUT2D eigenvalue weighted by Gasteiger charge is -2.00. The third kappa shape index (κ3) is 32.1. The Labute approximate surface area is 170 Å². The van der Waals surface area contributed by atoms with E-state index >= 15 is 0 Å². The van der Waals surface area contributed by atoms with E-state index in [-0.39, 0.29) is 12.8 Å². The first kappa shape index (κ1) is 28.6. The molecule has 0 bridgehead atoms. The summed E-state index contributed by atoms with van der Waals surface area (Å²) in [6.07, 6.45) is 17.3. The van der Waals surface area contributed by atoms with Crippen molar-refractivity contribution in [1.29, 1.82) is 0 Å². The molecular formula is C22H42O6. The maximum absolute atomic E-state index is 10.2. The van der Waals surface area contributed by atoms with Crippen LogP contribution in [-0.2, 0) is 14.4 Å². The number of hydrogen-bond donors (Lipinski definition) is 3. The van der Waals surface area contributed by atoms with Gasteiger partial charge in [0.15, 0.2) is 0 Å². The zero-order valence-corrected chi connectivity index (χ0v) is 17.8. The van der Waals surface area contributed by atoms with Crippen molar-refractivity contribution in [3.63, 3.8) is 0 Å². The molecule has 0 heterocycles. The summed E-state index contributed by atoms with van der Waals surface area (Å²) in [5.41, 5.74) is 0. The summed E-state index contributed by atoms with van der Waals surface area (Å²) in [4.78, 5) is 30.5. The van der Waals surface area contributed by atoms with E-state index in [1.54, 1.807) is 0 Å². The van der Waals surface area contributed by atoms with E-state index in [4.69, 9.17) is 15.3 Å². The summed E-state index contributed by atoms with van der Waals surface area (Å²) in [5, 5.41) is 25.1. The summed E-state index contributed by atoms with van der Waals surface area (Å²) in [6, 6.07) is 0. The van der Waals surface area contributed by atoms with Gasteiger partial charge in [0.2, 0.25) is 0 Å². The Balaban J connectivity index is 0. The second-order valence-corrected chi connectivity index (χ2v) is 7.38. The standard InChI is InChI=1S/C12H24O2.C10H18O4/c1-2-3-4-5-6-7-8-9-10-11-12(13)14;11-9(12)7-5-3-1-2-4-6-8-10(13)14/h2-11H2,1H3,(H,13,14);1-8H2,(H,11,12)(H,13,14). The molecule has 0 spiro atoms. The molecule has 0 aromatic carbocycles. The van der Waals surface area contributed by atoms with Crippen LogP contribution >= 0.6 is 0 Å². The Morgan fingerprint density at radius 1 is 0.429 bits per heavy atom. The van der Waals surface area contributed by atoms with Crippen molar-refractivity contribution in [3.8, 4) is 0 Å². The molecule has 3 N–H and O–H groups in total. The van der Waals surface area contributed by atoms with E-state index in [1.807, 2.05) is 0 Å². The first-order chi connectivity index (χ1) is 13.4. The fourth-order valence-electron chi connectivity index (χ4n) is 2.85. The van der Waals surface area contributed by atoms with Crippen molar-refractivity contribution in [2.24, 2.45) is 0 Å². The Morgan fingerprint density at radius 2 is 0.643 bits per heavy atom. The Hall–Kier alpha value is -1.59. The van der Waals surface area contributed by atoms with E-state index < -0.39 is 17.9 Å². The molecule has 0 aliphatic carbocycles. The van der Waals surface area contributed by atoms with Gasteiger partial charge in [0.05, 0.1) is 0 Å². The van der Waals surface area contributed by atoms with Crippen LogP contribution in [0, 0.1) is 0 Å². The number of rotatable bonds is 19. The summed E-state index contributed by atoms with van der Waals surface area (Å²) in [6.45, 7) is 2.23. The molecule has 0 amide bonds. The Kier molecular flexibility index (Phi) is 24.0. The van der Waals surface area contributed by atoms with E-state index in [9.17, 15) is 14.4 Å². The smallest absolute Gasteiger partial charge is 0.303 e. The zero-order valence-electron chi connectivity index (χ0n) is 17.8. The van der Waals surface area contributed by atoms with Crippen molar-refractivity contribution >= 4 is 17.9 Å². The number of carboxylic acid groups (broad SMARTS) is 3. The molecule has 0 aromatic heterocycles. The summed E-state index contributed by atoms with van der Waals surface area (Å²) in [7, 11) is 0. The minimum absolute atomic E-state index is 0.245. The highest BCUT2D eigenvalue weighted by Crippen LogP contribution is 2.10. The highest BCUT2D eigenvalue weighted by molar-refractivity contribution is 5.67. The molecule has 0 aromatic rings. The lowest BCUT2D eigenvalue weighted by molar-refractivity contribution is -0.138. The Bertz CT molecular complexity index is 361. The first-order valence-electron chi connectivity index (χ1n) is 11.1. The van der Waals surface area contributed by atoms with Crippen molar-refractivity contribution in [3.05, 3.63) is 0 Å². The van der Waals surface area contributed by atoms with Gasteiger partial charge in [0.25, 0.3) is 0 Å². The number of carboxylic acids is 3. The van der Waals surface area contributed by atoms with E-state index in [2.05, 4.69) is 6.92 Å². The number of carbonyl (C=O) groups is 3. The second-order valence-electron chi connectivity index (χ2n) is 7.38. The minimum Gasteiger partial charge on any atom is -0.481 e. The van der Waals surface area contributed by atoms with Gasteiger partial charge in [0, 0.05) is 19.3 Å². The molecule has 0 atom stereocenters. The van der Waals surface area contributed by atoms with Crippen molar-refractivity contribution < 1.29 is 29.7 Å². The summed E-state index contributed by atoms with van der Waals surface area (Å²) < 4.78 is 0. The fourth-order valence-corrected chi connectivity index (χ4v) is 2.85. The average molecular weight is 403 g/mol. The van der Waals surface area contributed by atoms with Crippen LogP contribution in [0.5, 0.6) is 0 Å². The predicted molar refractivity (Wildman–Crippen MR) is 112 cm³/mol. The molecule has 0 aliphatic rings. The van der Waals surface area contributed by atoms with Crippen LogP contribution in [0.2, 0.25) is 0 Å². The highest BCUT2D eigenvalue weighted by Gasteiger charge is 1.98. The largest absolute Gasteiger partial charge is 0.481 e. The molecular weight excluding hydrogens is 360 g/mol. The van der Waals surface area contributed by atoms with Crippen molar-refractivity contribution in [1.82, 2.24) is 0 Å². The van der Waals surface area contributed by atoms with Gasteiger partial charge in [-0.1, -0.05) is 84.0 Å². The highest BCUT2D eigenvalue weighted by atomic mass is 16.4. The average Bonchev–Trinajstić information content (AvgIpc) is 2.62. The predicted octanol–water partition coefficient (Wildman–Crippen LogP) is 6.27. The third-order valence-electron chi connectivity index (χ3n) is 4.53. The molecule has 0 saturated heterocycles. The lowest BCUT2D eigenvalue weighted by Crippen LogP contribution is -1.94. The summed E-state index contributed by atoms with van der Waals surface area (Å²) in [5.74, 6) is -2.14. The zero-order chi connectivity index (χ0) is 21.5. The van der Waals surface area contributed by atoms with Crippen LogP contribution in [0.1, 0.15) is 122 Å². The van der Waals surface area contributed by atoms with Crippen molar-refractivity contribution in [2.45, 2.75) is 122 Å². The third-order valence-corrected chi connectivity index (χ3v) is 4.53. The monoisotopic (exact) mass is 402 g/mol. The molecule has 0 unspecified atom stereocenters. The van der Waals surface area contributed by atoms with Gasteiger partial charge in [-0.3, -0.25) is 14.4 Å². The molecule has 166 valence electrons. The lowest BCUT2D eigenvalue weighted by atomic mass is 10.1. The summed E-state index contributed by atoms with van der Waals surface area (Å²) >= 11 is 0. The van der Waals surface area contributed by atoms with Gasteiger partial charge in [-0.25, -0.2) is 0 Å². The second kappa shape index (κ2) is 23.4. The molecule has 0 radical (unpaired) electrons. The van der Waals surface area contributed by atoms with Gasteiger partial charge in [-0.2, -0.15) is 0 Å². The van der Waals surface area contributed by atoms with Gasteiger partial charge in [0.1, 0.15) is 0 Å². The van der Waals surface area contributed by atoms with E-state index in [0.717, 1.165) is 51.4 Å². The molecule has 6 nitrogen and oxygen atoms in total. The molecule has 28 heavy (non-hydrogen) atoms. The van der Waals surface area contributed by atoms with Gasteiger partial charge >= 0.3 is 17.9 Å². The molecule has 6 heteroatoms. The van der Waals surface area contributed by atoms with Gasteiger partial charge in [-0.15, -0.1) is 0 Å². The van der Waals surface area contributed by atoms with Crippen LogP contribution in [0.15, 0.2) is 0 Å². The maximum atomic E-state index is 10.2. The normalized spacial score (nSPS) is 10.2. The molecule has 0 aliphatic heterocycles. The molecule has 0 fully saturated rings. The van der Waals surface area contributed by atoms with E-state index in [0.29, 0.717) is 6.42 Å². The molecule has 0 rings (SSSR count). The SMILES string of the molecule is CCCCCCCCCCCC(=O)O.O=C(O)CCCCCCCCC(=O)O. The van der Waals surface area contributed by atoms with Crippen LogP contribution in [0.4, 0.5) is 0 Å². The number of aliphatic carboxylic acids is 3. The first-order valence-corrected chi connectivity index (χ1v) is 11.1. The van der Waals surface area contributed by atoms with Crippen LogP contribution in [0.25, 0.3) is 0 Å². The number of hydrogen-bond acceptors (Lipinski definition) is 3. The van der Waals surface area contributed by atoms with Crippen LogP contribution < -0.4 is 0 Å². The Morgan fingerprint density at radius 3 is 0.857 bits per heavy atom. The number of unbranched alkanes of at least 4 members (excludes halogenated alkanes) is 13. The van der Waals surface area contributed by atoms with Gasteiger partial charge in [-0.05, 0) is 19.3 Å². The topological polar surface area (TPSA) is 112 Å². The van der Waals surface area contributed by atoms with Crippen LogP contribution in [0.3, 0.4) is 0 Å². The quantitative estimate of drug-likeness (QED) is 0.220. The fraction of sp³-hybridized carbons (Fsp3) is 0.864. The van der Waals surface area contributed by atoms with E-state index in [1.165, 1.54) is 44.9 Å².